The summed E-state index contributed by atoms with van der Waals surface area (Å²) in [5.74, 6) is -1.19. The molecule has 1 amide bonds. The van der Waals surface area contributed by atoms with Crippen molar-refractivity contribution in [3.63, 3.8) is 0 Å². The summed E-state index contributed by atoms with van der Waals surface area (Å²) in [6, 6.07) is 7.80. The maximum absolute atomic E-state index is 15.1. The van der Waals surface area contributed by atoms with Gasteiger partial charge in [0.25, 0.3) is 5.91 Å². The number of carbonyl (C=O) groups is 1. The first kappa shape index (κ1) is 15.6. The van der Waals surface area contributed by atoms with Gasteiger partial charge in [-0.15, -0.1) is 0 Å². The van der Waals surface area contributed by atoms with E-state index in [1.54, 1.807) is 30.1 Å². The molecular formula is C21H15ClFN5O. The summed E-state index contributed by atoms with van der Waals surface area (Å²) < 4.78 is 33.4. The lowest BCUT2D eigenvalue weighted by Crippen LogP contribution is -2.24. The van der Waals surface area contributed by atoms with Crippen LogP contribution in [0.5, 0.6) is 0 Å². The van der Waals surface area contributed by atoms with Crippen molar-refractivity contribution in [1.82, 2.24) is 24.6 Å². The first-order valence-electron chi connectivity index (χ1n) is 9.81. The second kappa shape index (κ2) is 6.63. The van der Waals surface area contributed by atoms with Gasteiger partial charge in [0.05, 0.1) is 27.0 Å². The molecule has 0 radical (unpaired) electrons. The van der Waals surface area contributed by atoms with Gasteiger partial charge in [0.2, 0.25) is 0 Å². The molecule has 0 spiro atoms. The van der Waals surface area contributed by atoms with Crippen LogP contribution in [0.3, 0.4) is 0 Å². The van der Waals surface area contributed by atoms with Gasteiger partial charge in [-0.25, -0.2) is 9.37 Å². The highest BCUT2D eigenvalue weighted by molar-refractivity contribution is 6.31. The second-order valence-corrected chi connectivity index (χ2v) is 7.17. The van der Waals surface area contributed by atoms with Crippen molar-refractivity contribution in [3.05, 3.63) is 76.6 Å². The third kappa shape index (κ3) is 3.03. The minimum Gasteiger partial charge on any atom is -0.328 e. The Morgan fingerprint density at radius 3 is 2.93 bits per heavy atom. The van der Waals surface area contributed by atoms with Crippen molar-refractivity contribution in [2.75, 3.05) is 0 Å². The highest BCUT2D eigenvalue weighted by Crippen LogP contribution is 2.31. The fraction of sp³-hybridized carbons (Fsp3) is 0.143. The summed E-state index contributed by atoms with van der Waals surface area (Å²) in [5, 5.41) is 5.12. The molecule has 4 aromatic rings. The van der Waals surface area contributed by atoms with Crippen LogP contribution >= 0.6 is 11.6 Å². The molecule has 144 valence electrons. The van der Waals surface area contributed by atoms with Crippen molar-refractivity contribution in [1.29, 1.82) is 0 Å². The second-order valence-electron chi connectivity index (χ2n) is 6.76. The third-order valence-corrected chi connectivity index (χ3v) is 5.13. The normalized spacial score (nSPS) is 16.1. The number of rotatable bonds is 3. The summed E-state index contributed by atoms with van der Waals surface area (Å²) in [7, 11) is 1.79. The number of aryl methyl sites for hydroxylation is 1. The predicted octanol–water partition coefficient (Wildman–Crippen LogP) is 3.98. The number of pyridine rings is 2. The monoisotopic (exact) mass is 409 g/mol. The number of benzene rings is 1. The molecule has 8 heteroatoms. The fourth-order valence-electron chi connectivity index (χ4n) is 3.37. The molecule has 0 unspecified atom stereocenters. The highest BCUT2D eigenvalue weighted by atomic mass is 35.5. The number of fused-ring (bicyclic) bond motifs is 2. The van der Waals surface area contributed by atoms with E-state index in [2.05, 4.69) is 15.1 Å². The summed E-state index contributed by atoms with van der Waals surface area (Å²) in [6.07, 6.45) is 4.82. The van der Waals surface area contributed by atoms with E-state index in [9.17, 15) is 4.79 Å². The largest absolute Gasteiger partial charge is 0.328 e. The average molecular weight is 410 g/mol. The van der Waals surface area contributed by atoms with Gasteiger partial charge in [0.15, 0.2) is 5.65 Å². The van der Waals surface area contributed by atoms with E-state index in [1.807, 2.05) is 12.3 Å². The molecule has 0 saturated carbocycles. The lowest BCUT2D eigenvalue weighted by Gasteiger charge is -2.17. The molecule has 1 aromatic carbocycles. The number of hydrogen-bond acceptors (Lipinski definition) is 4. The molecule has 3 aromatic heterocycles. The Morgan fingerprint density at radius 1 is 1.28 bits per heavy atom. The molecule has 0 saturated heterocycles. The molecule has 1 aliphatic heterocycles. The van der Waals surface area contributed by atoms with Crippen LogP contribution in [0, 0.1) is 5.82 Å². The molecule has 5 rings (SSSR count). The van der Waals surface area contributed by atoms with Gasteiger partial charge in [-0.2, -0.15) is 5.10 Å². The summed E-state index contributed by atoms with van der Waals surface area (Å²) >= 11 is 6.38. The smallest absolute Gasteiger partial charge is 0.256 e. The van der Waals surface area contributed by atoms with Gasteiger partial charge >= 0.3 is 0 Å². The van der Waals surface area contributed by atoms with Crippen LogP contribution in [0.2, 0.25) is 5.02 Å². The van der Waals surface area contributed by atoms with E-state index in [0.29, 0.717) is 16.8 Å². The molecule has 6 nitrogen and oxygen atoms in total. The van der Waals surface area contributed by atoms with Gasteiger partial charge in [0.1, 0.15) is 5.82 Å². The lowest BCUT2D eigenvalue weighted by molar-refractivity contribution is 0.0765. The zero-order chi connectivity index (χ0) is 21.9. The molecule has 29 heavy (non-hydrogen) atoms. The number of amides is 1. The van der Waals surface area contributed by atoms with E-state index in [4.69, 9.17) is 14.3 Å². The molecule has 4 heterocycles. The predicted molar refractivity (Wildman–Crippen MR) is 107 cm³/mol. The van der Waals surface area contributed by atoms with E-state index in [-0.39, 0.29) is 28.4 Å². The standard InChI is InChI=1S/C21H15ClFN5O/c1-27-9-14-5-13(8-25-20(14)26-27)12-6-17(22)16(18(23)7-12)10-28-11-19-15(21(28)29)3-2-4-24-19/h2-9H,10-11H2,1H3/i11D2. The molecule has 1 aliphatic rings. The average Bonchev–Trinajstić information content (AvgIpc) is 3.19. The van der Waals surface area contributed by atoms with Crippen molar-refractivity contribution in [2.24, 2.45) is 7.05 Å². The Hall–Kier alpha value is -3.32. The van der Waals surface area contributed by atoms with Crippen molar-refractivity contribution < 1.29 is 11.9 Å². The Morgan fingerprint density at radius 2 is 2.14 bits per heavy atom. The Balaban J connectivity index is 1.51. The van der Waals surface area contributed by atoms with E-state index in [1.165, 1.54) is 18.3 Å². The quantitative estimate of drug-likeness (QED) is 0.513. The Bertz CT molecular complexity index is 1350. The number of aromatic nitrogens is 4. The number of halogens is 2. The van der Waals surface area contributed by atoms with Crippen LogP contribution in [0.25, 0.3) is 22.2 Å². The molecular weight excluding hydrogens is 393 g/mol. The van der Waals surface area contributed by atoms with Crippen LogP contribution in [0.15, 0.2) is 48.9 Å². The zero-order valence-corrected chi connectivity index (χ0v) is 16.0. The molecule has 0 atom stereocenters. The Labute approximate surface area is 173 Å². The maximum atomic E-state index is 15.1. The minimum atomic E-state index is -2.17. The number of hydrogen-bond donors (Lipinski definition) is 0. The Kier molecular flexibility index (Phi) is 3.56. The molecule has 0 aliphatic carbocycles. The third-order valence-electron chi connectivity index (χ3n) is 4.79. The maximum Gasteiger partial charge on any atom is 0.256 e. The summed E-state index contributed by atoms with van der Waals surface area (Å²) in [6.45, 7) is -2.50. The van der Waals surface area contributed by atoms with Crippen molar-refractivity contribution >= 4 is 28.5 Å². The lowest BCUT2D eigenvalue weighted by atomic mass is 10.0. The zero-order valence-electron chi connectivity index (χ0n) is 17.2. The van der Waals surface area contributed by atoms with Crippen LogP contribution < -0.4 is 0 Å². The SMILES string of the molecule is [2H]C1([2H])c2ncccc2C(=O)N1Cc1c(F)cc(-c2cnc3nn(C)cc3c2)cc1Cl. The minimum absolute atomic E-state index is 0.0176. The molecule has 0 N–H and O–H groups in total. The number of carbonyl (C=O) groups excluding carboxylic acids is 1. The van der Waals surface area contributed by atoms with Crippen molar-refractivity contribution in [3.8, 4) is 11.1 Å². The molecule has 0 bridgehead atoms. The van der Waals surface area contributed by atoms with Crippen LogP contribution in [0.1, 0.15) is 24.4 Å². The van der Waals surface area contributed by atoms with Crippen LogP contribution in [0.4, 0.5) is 4.39 Å². The van der Waals surface area contributed by atoms with Gasteiger partial charge in [-0.05, 0) is 35.9 Å². The van der Waals surface area contributed by atoms with E-state index in [0.717, 1.165) is 10.3 Å². The van der Waals surface area contributed by atoms with E-state index < -0.39 is 18.2 Å². The summed E-state index contributed by atoms with van der Waals surface area (Å²) in [4.78, 5) is 22.0. The topological polar surface area (TPSA) is 63.9 Å². The van der Waals surface area contributed by atoms with Gasteiger partial charge in [-0.3, -0.25) is 14.5 Å². The highest BCUT2D eigenvalue weighted by Gasteiger charge is 2.29. The molecule has 0 fully saturated rings. The number of nitrogens with zero attached hydrogens (tertiary/aromatic N) is 5. The van der Waals surface area contributed by atoms with Gasteiger partial charge < -0.3 is 4.90 Å². The van der Waals surface area contributed by atoms with Crippen molar-refractivity contribution in [2.45, 2.75) is 13.0 Å². The van der Waals surface area contributed by atoms with Gasteiger partial charge in [-0.1, -0.05) is 11.6 Å². The first-order chi connectivity index (χ1) is 14.8. The van der Waals surface area contributed by atoms with Crippen LogP contribution in [-0.4, -0.2) is 30.6 Å². The van der Waals surface area contributed by atoms with Gasteiger partial charge in [0, 0.05) is 47.2 Å². The van der Waals surface area contributed by atoms with Crippen LogP contribution in [-0.2, 0) is 20.1 Å². The first-order valence-corrected chi connectivity index (χ1v) is 9.18. The van der Waals surface area contributed by atoms with E-state index >= 15 is 4.39 Å². The summed E-state index contributed by atoms with van der Waals surface area (Å²) in [5.41, 5.74) is 1.98. The fourth-order valence-corrected chi connectivity index (χ4v) is 3.64.